The van der Waals surface area contributed by atoms with Crippen LogP contribution in [0.1, 0.15) is 23.3 Å². The minimum atomic E-state index is -4.86. The molecule has 2 unspecified atom stereocenters. The Morgan fingerprint density at radius 3 is 2.82 bits per heavy atom. The van der Waals surface area contributed by atoms with Crippen molar-refractivity contribution >= 4 is 22.4 Å². The van der Waals surface area contributed by atoms with Crippen LogP contribution in [0.4, 0.5) is 4.79 Å². The third-order valence-electron chi connectivity index (χ3n) is 3.55. The van der Waals surface area contributed by atoms with E-state index in [9.17, 15) is 13.2 Å². The number of nitrogen functional groups attached to an aromatic ring is 1. The van der Waals surface area contributed by atoms with Gasteiger partial charge in [0.2, 0.25) is 5.96 Å². The molecule has 2 aliphatic rings. The Labute approximate surface area is 124 Å². The van der Waals surface area contributed by atoms with Gasteiger partial charge in [-0.2, -0.15) is 18.6 Å². The van der Waals surface area contributed by atoms with Crippen molar-refractivity contribution in [3.63, 3.8) is 0 Å². The van der Waals surface area contributed by atoms with Crippen molar-refractivity contribution in [1.29, 1.82) is 5.41 Å². The third-order valence-corrected chi connectivity index (χ3v) is 3.90. The lowest BCUT2D eigenvalue weighted by molar-refractivity contribution is -0.0317. The van der Waals surface area contributed by atoms with Crippen molar-refractivity contribution in [3.8, 4) is 0 Å². The van der Waals surface area contributed by atoms with Crippen LogP contribution in [-0.4, -0.2) is 57.8 Å². The normalized spacial score (nSPS) is 23.8. The van der Waals surface area contributed by atoms with E-state index in [-0.39, 0.29) is 19.0 Å². The summed E-state index contributed by atoms with van der Waals surface area (Å²) in [6.45, 7) is 0.160. The lowest BCUT2D eigenvalue weighted by atomic mass is 9.98. The molecule has 0 radical (unpaired) electrons. The Kier molecular flexibility index (Phi) is 3.10. The Bertz CT molecular complexity index is 758. The average molecular weight is 331 g/mol. The number of nitrogens with one attached hydrogen (secondary N) is 1. The summed E-state index contributed by atoms with van der Waals surface area (Å²) >= 11 is 0. The molecule has 0 saturated carbocycles. The van der Waals surface area contributed by atoms with E-state index in [4.69, 9.17) is 21.4 Å². The van der Waals surface area contributed by atoms with Gasteiger partial charge < -0.3 is 16.4 Å². The standard InChI is InChI=1S/C9H13N7O5S/c10-1-5-7-4(2-15(13-7)8(11)12)6-3-14(5)9(17)16(6)21-22(18,19)20/h2,5-6H,1,3,10H2,(H3,11,12)(H,18,19,20). The van der Waals surface area contributed by atoms with Gasteiger partial charge in [-0.25, -0.2) is 9.48 Å². The first-order chi connectivity index (χ1) is 10.2. The van der Waals surface area contributed by atoms with E-state index in [1.807, 2.05) is 0 Å². The maximum atomic E-state index is 12.2. The fourth-order valence-corrected chi connectivity index (χ4v) is 3.07. The Morgan fingerprint density at radius 2 is 2.27 bits per heavy atom. The summed E-state index contributed by atoms with van der Waals surface area (Å²) in [7, 11) is -4.86. The zero-order valence-corrected chi connectivity index (χ0v) is 11.9. The van der Waals surface area contributed by atoms with Gasteiger partial charge in [0.05, 0.1) is 18.3 Å². The highest BCUT2D eigenvalue weighted by Gasteiger charge is 2.51. The SMILES string of the molecule is N=C(N)n1cc2c(n1)C(CN)N1CC2N(OS(=O)(=O)O)C1=O. The van der Waals surface area contributed by atoms with Crippen LogP contribution in [0.25, 0.3) is 0 Å². The molecule has 12 nitrogen and oxygen atoms in total. The molecule has 2 amide bonds. The van der Waals surface area contributed by atoms with Crippen LogP contribution in [0.15, 0.2) is 6.20 Å². The number of nitrogens with two attached hydrogens (primary N) is 2. The summed E-state index contributed by atoms with van der Waals surface area (Å²) in [6.07, 6.45) is 1.40. The monoisotopic (exact) mass is 331 g/mol. The van der Waals surface area contributed by atoms with E-state index in [2.05, 4.69) is 9.38 Å². The molecule has 1 aromatic rings. The Morgan fingerprint density at radius 1 is 1.59 bits per heavy atom. The minimum absolute atomic E-state index is 0.0418. The van der Waals surface area contributed by atoms with Crippen molar-refractivity contribution in [2.24, 2.45) is 11.5 Å². The molecule has 1 saturated heterocycles. The van der Waals surface area contributed by atoms with Crippen LogP contribution in [-0.2, 0) is 14.7 Å². The molecule has 13 heteroatoms. The summed E-state index contributed by atoms with van der Waals surface area (Å²) in [5.41, 5.74) is 11.9. The highest BCUT2D eigenvalue weighted by molar-refractivity contribution is 7.80. The van der Waals surface area contributed by atoms with Crippen LogP contribution in [0.2, 0.25) is 0 Å². The number of carbonyl (C=O) groups is 1. The first-order valence-electron chi connectivity index (χ1n) is 6.13. The van der Waals surface area contributed by atoms with Crippen LogP contribution in [0.3, 0.4) is 0 Å². The molecule has 1 fully saturated rings. The summed E-state index contributed by atoms with van der Waals surface area (Å²) in [5, 5.41) is 12.1. The number of hydrogen-bond donors (Lipinski definition) is 4. The van der Waals surface area contributed by atoms with Gasteiger partial charge in [0, 0.05) is 18.3 Å². The smallest absolute Gasteiger partial charge is 0.368 e. The largest absolute Gasteiger partial charge is 0.418 e. The number of fused-ring (bicyclic) bond motifs is 4. The average Bonchev–Trinajstić information content (AvgIpc) is 2.95. The molecular formula is C9H13N7O5S. The van der Waals surface area contributed by atoms with E-state index in [1.165, 1.54) is 11.1 Å². The maximum Gasteiger partial charge on any atom is 0.418 e. The van der Waals surface area contributed by atoms with Gasteiger partial charge in [0.25, 0.3) is 0 Å². The molecule has 0 aromatic carbocycles. The van der Waals surface area contributed by atoms with Crippen molar-refractivity contribution < 1.29 is 22.0 Å². The highest BCUT2D eigenvalue weighted by atomic mass is 32.3. The fourth-order valence-electron chi connectivity index (χ4n) is 2.70. The molecule has 6 N–H and O–H groups in total. The van der Waals surface area contributed by atoms with E-state index in [1.54, 1.807) is 0 Å². The number of hydroxylamine groups is 2. The molecule has 2 atom stereocenters. The van der Waals surface area contributed by atoms with Crippen LogP contribution >= 0.6 is 0 Å². The minimum Gasteiger partial charge on any atom is -0.368 e. The van der Waals surface area contributed by atoms with Crippen molar-refractivity contribution in [2.75, 3.05) is 13.1 Å². The van der Waals surface area contributed by atoms with Gasteiger partial charge in [0.15, 0.2) is 0 Å². The summed E-state index contributed by atoms with van der Waals surface area (Å²) in [4.78, 5) is 13.5. The molecule has 1 aromatic heterocycles. The number of rotatable bonds is 3. The predicted molar refractivity (Wildman–Crippen MR) is 70.7 cm³/mol. The second-order valence-electron chi connectivity index (χ2n) is 4.83. The van der Waals surface area contributed by atoms with Gasteiger partial charge >= 0.3 is 16.4 Å². The van der Waals surface area contributed by atoms with Gasteiger partial charge in [0.1, 0.15) is 6.04 Å². The van der Waals surface area contributed by atoms with Crippen molar-refractivity contribution in [3.05, 3.63) is 17.5 Å². The first kappa shape index (κ1) is 14.7. The molecule has 22 heavy (non-hydrogen) atoms. The molecule has 0 spiro atoms. The van der Waals surface area contributed by atoms with E-state index < -0.39 is 28.5 Å². The van der Waals surface area contributed by atoms with E-state index in [0.29, 0.717) is 16.3 Å². The highest BCUT2D eigenvalue weighted by Crippen LogP contribution is 2.43. The zero-order valence-electron chi connectivity index (χ0n) is 11.1. The molecule has 120 valence electrons. The van der Waals surface area contributed by atoms with E-state index in [0.717, 1.165) is 4.68 Å². The second kappa shape index (κ2) is 4.64. The first-order valence-corrected chi connectivity index (χ1v) is 7.50. The van der Waals surface area contributed by atoms with Crippen LogP contribution in [0.5, 0.6) is 0 Å². The predicted octanol–water partition coefficient (Wildman–Crippen LogP) is -1.85. The maximum absolute atomic E-state index is 12.2. The third kappa shape index (κ3) is 2.10. The van der Waals surface area contributed by atoms with E-state index >= 15 is 0 Å². The van der Waals surface area contributed by atoms with Crippen LogP contribution in [0, 0.1) is 5.41 Å². The molecule has 0 aliphatic carbocycles. The molecule has 3 heterocycles. The molecule has 2 bridgehead atoms. The van der Waals surface area contributed by atoms with Crippen molar-refractivity contribution in [2.45, 2.75) is 12.1 Å². The number of carbonyl (C=O) groups excluding carboxylic acids is 1. The lowest BCUT2D eigenvalue weighted by Gasteiger charge is -2.28. The van der Waals surface area contributed by atoms with Gasteiger partial charge in [-0.15, -0.1) is 4.28 Å². The quantitative estimate of drug-likeness (QED) is 0.283. The summed E-state index contributed by atoms with van der Waals surface area (Å²) < 4.78 is 36.1. The number of urea groups is 1. The lowest BCUT2D eigenvalue weighted by Crippen LogP contribution is -2.38. The fraction of sp³-hybridized carbons (Fsp3) is 0.444. The molecular weight excluding hydrogens is 318 g/mol. The number of amides is 2. The molecule has 3 rings (SSSR count). The number of hydrogen-bond acceptors (Lipinski definition) is 7. The van der Waals surface area contributed by atoms with Gasteiger partial charge in [-0.05, 0) is 0 Å². The summed E-state index contributed by atoms with van der Waals surface area (Å²) in [6, 6.07) is -2.15. The Balaban J connectivity index is 2.08. The number of aromatic nitrogens is 2. The number of nitrogens with zero attached hydrogens (tertiary/aromatic N) is 4. The Hall–Kier alpha value is -2.22. The zero-order chi connectivity index (χ0) is 16.2. The molecule has 2 aliphatic heterocycles. The van der Waals surface area contributed by atoms with Crippen molar-refractivity contribution in [1.82, 2.24) is 19.7 Å². The van der Waals surface area contributed by atoms with Gasteiger partial charge in [-0.3, -0.25) is 9.96 Å². The topological polar surface area (TPSA) is 181 Å². The van der Waals surface area contributed by atoms with Crippen LogP contribution < -0.4 is 11.5 Å². The second-order valence-corrected chi connectivity index (χ2v) is 5.83. The summed E-state index contributed by atoms with van der Waals surface area (Å²) in [5.74, 6) is -0.343. The van der Waals surface area contributed by atoms with Gasteiger partial charge in [-0.1, -0.05) is 0 Å².